The molecule has 1 heterocycles. The third kappa shape index (κ3) is 2.65. The van der Waals surface area contributed by atoms with Crippen LogP contribution in [0.15, 0.2) is 22.6 Å². The van der Waals surface area contributed by atoms with Crippen LogP contribution in [-0.2, 0) is 4.74 Å². The summed E-state index contributed by atoms with van der Waals surface area (Å²) in [6.45, 7) is 0. The molecule has 100 valence electrons. The number of esters is 1. The molecule has 7 heteroatoms. The number of rotatable bonds is 4. The molecular formula is C12H12N2O5. The molecule has 0 spiro atoms. The third-order valence-electron chi connectivity index (χ3n) is 2.38. The van der Waals surface area contributed by atoms with Gasteiger partial charge in [-0.1, -0.05) is 0 Å². The molecular weight excluding hydrogens is 252 g/mol. The van der Waals surface area contributed by atoms with Crippen molar-refractivity contribution in [3.8, 4) is 23.0 Å². The molecule has 0 amide bonds. The van der Waals surface area contributed by atoms with Gasteiger partial charge in [-0.05, 0) is 12.1 Å². The fourth-order valence-corrected chi connectivity index (χ4v) is 1.44. The molecule has 0 radical (unpaired) electrons. The summed E-state index contributed by atoms with van der Waals surface area (Å²) in [6, 6.07) is 5.09. The predicted octanol–water partition coefficient (Wildman–Crippen LogP) is 1.54. The van der Waals surface area contributed by atoms with E-state index < -0.39 is 5.97 Å². The Bertz CT molecular complexity index is 571. The van der Waals surface area contributed by atoms with E-state index in [-0.39, 0.29) is 11.8 Å². The van der Waals surface area contributed by atoms with Crippen LogP contribution < -0.4 is 9.47 Å². The van der Waals surface area contributed by atoms with Gasteiger partial charge in [0.05, 0.1) is 21.3 Å². The van der Waals surface area contributed by atoms with E-state index in [0.29, 0.717) is 17.1 Å². The number of carbonyl (C=O) groups excluding carboxylic acids is 1. The van der Waals surface area contributed by atoms with Crippen molar-refractivity contribution in [2.75, 3.05) is 21.3 Å². The number of methoxy groups -OCH3 is 3. The van der Waals surface area contributed by atoms with Crippen molar-refractivity contribution in [1.82, 2.24) is 10.2 Å². The molecule has 7 nitrogen and oxygen atoms in total. The van der Waals surface area contributed by atoms with Crippen LogP contribution in [0.4, 0.5) is 0 Å². The highest BCUT2D eigenvalue weighted by Gasteiger charge is 2.17. The highest BCUT2D eigenvalue weighted by Crippen LogP contribution is 2.28. The van der Waals surface area contributed by atoms with E-state index in [0.717, 1.165) is 0 Å². The topological polar surface area (TPSA) is 83.7 Å². The van der Waals surface area contributed by atoms with Gasteiger partial charge < -0.3 is 18.6 Å². The summed E-state index contributed by atoms with van der Waals surface area (Å²) >= 11 is 0. The highest BCUT2D eigenvalue weighted by atomic mass is 16.5. The zero-order chi connectivity index (χ0) is 13.8. The number of benzene rings is 1. The Hall–Kier alpha value is -2.57. The van der Waals surface area contributed by atoms with Crippen LogP contribution >= 0.6 is 0 Å². The van der Waals surface area contributed by atoms with Gasteiger partial charge in [0.2, 0.25) is 5.89 Å². The summed E-state index contributed by atoms with van der Waals surface area (Å²) < 4.78 is 20.0. The summed E-state index contributed by atoms with van der Waals surface area (Å²) in [6.07, 6.45) is 0. The monoisotopic (exact) mass is 264 g/mol. The van der Waals surface area contributed by atoms with Crippen molar-refractivity contribution in [3.05, 3.63) is 24.1 Å². The molecule has 0 N–H and O–H groups in total. The summed E-state index contributed by atoms with van der Waals surface area (Å²) in [7, 11) is 4.30. The van der Waals surface area contributed by atoms with Crippen molar-refractivity contribution in [2.45, 2.75) is 0 Å². The Morgan fingerprint density at radius 1 is 1.05 bits per heavy atom. The van der Waals surface area contributed by atoms with Gasteiger partial charge in [0.15, 0.2) is 0 Å². The number of nitrogens with zero attached hydrogens (tertiary/aromatic N) is 2. The van der Waals surface area contributed by atoms with Crippen LogP contribution in [0.1, 0.15) is 10.7 Å². The second-order valence-electron chi connectivity index (χ2n) is 3.51. The molecule has 0 saturated heterocycles. The molecule has 19 heavy (non-hydrogen) atoms. The van der Waals surface area contributed by atoms with Crippen LogP contribution in [-0.4, -0.2) is 37.5 Å². The lowest BCUT2D eigenvalue weighted by Crippen LogP contribution is -2.00. The lowest BCUT2D eigenvalue weighted by Gasteiger charge is -2.05. The van der Waals surface area contributed by atoms with Crippen molar-refractivity contribution >= 4 is 5.97 Å². The Morgan fingerprint density at radius 3 is 2.21 bits per heavy atom. The fourth-order valence-electron chi connectivity index (χ4n) is 1.44. The Balaban J connectivity index is 2.40. The molecule has 1 aromatic carbocycles. The van der Waals surface area contributed by atoms with Gasteiger partial charge in [0.1, 0.15) is 11.5 Å². The van der Waals surface area contributed by atoms with Crippen LogP contribution in [0, 0.1) is 0 Å². The zero-order valence-corrected chi connectivity index (χ0v) is 10.7. The van der Waals surface area contributed by atoms with Crippen LogP contribution in [0.25, 0.3) is 11.5 Å². The number of aromatic nitrogens is 2. The van der Waals surface area contributed by atoms with Crippen molar-refractivity contribution in [3.63, 3.8) is 0 Å². The minimum absolute atomic E-state index is 0.178. The van der Waals surface area contributed by atoms with Crippen LogP contribution in [0.2, 0.25) is 0 Å². The molecule has 1 aromatic heterocycles. The maximum absolute atomic E-state index is 11.2. The second kappa shape index (κ2) is 5.38. The average molecular weight is 264 g/mol. The average Bonchev–Trinajstić information content (AvgIpc) is 2.95. The highest BCUT2D eigenvalue weighted by molar-refractivity contribution is 5.84. The van der Waals surface area contributed by atoms with Gasteiger partial charge in [-0.2, -0.15) is 0 Å². The first-order valence-electron chi connectivity index (χ1n) is 5.33. The predicted molar refractivity (Wildman–Crippen MR) is 64.2 cm³/mol. The minimum atomic E-state index is -0.686. The van der Waals surface area contributed by atoms with Crippen LogP contribution in [0.5, 0.6) is 11.5 Å². The SMILES string of the molecule is COC(=O)c1nnc(-c2cc(OC)cc(OC)c2)o1. The fraction of sp³-hybridized carbons (Fsp3) is 0.250. The van der Waals surface area contributed by atoms with E-state index in [1.54, 1.807) is 18.2 Å². The summed E-state index contributed by atoms with van der Waals surface area (Å²) in [5, 5.41) is 7.38. The smallest absolute Gasteiger partial charge is 0.396 e. The molecule has 0 bridgehead atoms. The van der Waals surface area contributed by atoms with Gasteiger partial charge >= 0.3 is 11.9 Å². The van der Waals surface area contributed by atoms with Crippen molar-refractivity contribution < 1.29 is 23.4 Å². The number of hydrogen-bond donors (Lipinski definition) is 0. The number of carbonyl (C=O) groups is 1. The quantitative estimate of drug-likeness (QED) is 0.774. The van der Waals surface area contributed by atoms with Crippen molar-refractivity contribution in [2.24, 2.45) is 0 Å². The summed E-state index contributed by atoms with van der Waals surface area (Å²) in [5.74, 6) is 0.435. The lowest BCUT2D eigenvalue weighted by molar-refractivity contribution is 0.0556. The van der Waals surface area contributed by atoms with E-state index >= 15 is 0 Å². The first-order valence-corrected chi connectivity index (χ1v) is 5.33. The third-order valence-corrected chi connectivity index (χ3v) is 2.38. The lowest BCUT2D eigenvalue weighted by atomic mass is 10.2. The molecule has 0 aliphatic heterocycles. The molecule has 0 aliphatic carbocycles. The van der Waals surface area contributed by atoms with Gasteiger partial charge in [-0.15, -0.1) is 10.2 Å². The van der Waals surface area contributed by atoms with Gasteiger partial charge in [0.25, 0.3) is 0 Å². The first-order chi connectivity index (χ1) is 9.17. The first kappa shape index (κ1) is 12.9. The van der Waals surface area contributed by atoms with E-state index in [2.05, 4.69) is 14.9 Å². The second-order valence-corrected chi connectivity index (χ2v) is 3.51. The van der Waals surface area contributed by atoms with E-state index in [1.165, 1.54) is 21.3 Å². The molecule has 0 unspecified atom stereocenters. The standard InChI is InChI=1S/C12H12N2O5/c1-16-8-4-7(5-9(6-8)17-2)10-13-14-11(19-10)12(15)18-3/h4-6H,1-3H3. The maximum atomic E-state index is 11.2. The van der Waals surface area contributed by atoms with Crippen LogP contribution in [0.3, 0.4) is 0 Å². The van der Waals surface area contributed by atoms with Gasteiger partial charge in [-0.3, -0.25) is 0 Å². The molecule has 0 saturated carbocycles. The molecule has 2 aromatic rings. The van der Waals surface area contributed by atoms with E-state index in [9.17, 15) is 4.79 Å². The minimum Gasteiger partial charge on any atom is -0.497 e. The molecule has 2 rings (SSSR count). The number of ether oxygens (including phenoxy) is 3. The largest absolute Gasteiger partial charge is 0.497 e. The van der Waals surface area contributed by atoms with Crippen molar-refractivity contribution in [1.29, 1.82) is 0 Å². The number of hydrogen-bond acceptors (Lipinski definition) is 7. The molecule has 0 aliphatic rings. The van der Waals surface area contributed by atoms with Gasteiger partial charge in [0, 0.05) is 11.6 Å². The Labute approximate surface area is 109 Å². The van der Waals surface area contributed by atoms with E-state index in [1.807, 2.05) is 0 Å². The summed E-state index contributed by atoms with van der Waals surface area (Å²) in [5.41, 5.74) is 0.582. The Kier molecular flexibility index (Phi) is 3.65. The normalized spacial score (nSPS) is 10.1. The zero-order valence-electron chi connectivity index (χ0n) is 10.7. The summed E-state index contributed by atoms with van der Waals surface area (Å²) in [4.78, 5) is 11.2. The van der Waals surface area contributed by atoms with E-state index in [4.69, 9.17) is 13.9 Å². The maximum Gasteiger partial charge on any atom is 0.396 e. The Morgan fingerprint density at radius 2 is 1.68 bits per heavy atom. The molecule has 0 fully saturated rings. The van der Waals surface area contributed by atoms with Gasteiger partial charge in [-0.25, -0.2) is 4.79 Å². The molecule has 0 atom stereocenters.